The summed E-state index contributed by atoms with van der Waals surface area (Å²) >= 11 is 0. The van der Waals surface area contributed by atoms with Crippen molar-refractivity contribution in [1.29, 1.82) is 0 Å². The summed E-state index contributed by atoms with van der Waals surface area (Å²) in [6, 6.07) is 8.43. The minimum absolute atomic E-state index is 0.962. The van der Waals surface area contributed by atoms with Gasteiger partial charge in [-0.1, -0.05) is 12.1 Å². The van der Waals surface area contributed by atoms with E-state index < -0.39 is 0 Å². The molecule has 0 aliphatic carbocycles. The molecule has 0 radical (unpaired) electrons. The predicted octanol–water partition coefficient (Wildman–Crippen LogP) is 1.85. The minimum Gasteiger partial charge on any atom is -0.327 e. The number of para-hydroxylation sites is 2. The monoisotopic (exact) mass is 258 g/mol. The van der Waals surface area contributed by atoms with E-state index in [0.29, 0.717) is 0 Å². The summed E-state index contributed by atoms with van der Waals surface area (Å²) in [6.07, 6.45) is 1.23. The molecule has 0 bridgehead atoms. The molecule has 1 aromatic heterocycles. The van der Waals surface area contributed by atoms with Crippen LogP contribution in [-0.2, 0) is 13.1 Å². The maximum Gasteiger partial charge on any atom is 0.124 e. The Morgan fingerprint density at radius 1 is 1.21 bits per heavy atom. The van der Waals surface area contributed by atoms with Gasteiger partial charge in [0.15, 0.2) is 0 Å². The van der Waals surface area contributed by atoms with Gasteiger partial charge in [-0.15, -0.1) is 0 Å². The number of hydrogen-bond donors (Lipinski definition) is 1. The summed E-state index contributed by atoms with van der Waals surface area (Å²) in [6.45, 7) is 8.66. The van der Waals surface area contributed by atoms with Crippen molar-refractivity contribution >= 4 is 11.0 Å². The third-order valence-electron chi connectivity index (χ3n) is 3.85. The molecule has 19 heavy (non-hydrogen) atoms. The maximum atomic E-state index is 4.81. The van der Waals surface area contributed by atoms with Gasteiger partial charge in [-0.2, -0.15) is 0 Å². The Kier molecular flexibility index (Phi) is 3.80. The molecule has 1 aliphatic rings. The lowest BCUT2D eigenvalue weighted by atomic mass is 10.3. The van der Waals surface area contributed by atoms with E-state index in [1.165, 1.54) is 24.3 Å². The average molecular weight is 258 g/mol. The zero-order chi connectivity index (χ0) is 13.1. The topological polar surface area (TPSA) is 33.1 Å². The molecule has 1 aromatic carbocycles. The predicted molar refractivity (Wildman–Crippen MR) is 78.2 cm³/mol. The lowest BCUT2D eigenvalue weighted by Gasteiger charge is -2.19. The normalized spacial score (nSPS) is 17.7. The second-order valence-electron chi connectivity index (χ2n) is 5.14. The Morgan fingerprint density at radius 2 is 2.11 bits per heavy atom. The molecule has 1 aliphatic heterocycles. The molecular formula is C15H22N4. The van der Waals surface area contributed by atoms with Crippen LogP contribution >= 0.6 is 0 Å². The first-order valence-electron chi connectivity index (χ1n) is 7.25. The number of imidazole rings is 1. The van der Waals surface area contributed by atoms with Crippen molar-refractivity contribution in [3.05, 3.63) is 30.1 Å². The first-order valence-corrected chi connectivity index (χ1v) is 7.25. The van der Waals surface area contributed by atoms with Crippen molar-refractivity contribution in [3.63, 3.8) is 0 Å². The molecule has 2 heterocycles. The zero-order valence-corrected chi connectivity index (χ0v) is 11.6. The second-order valence-corrected chi connectivity index (χ2v) is 5.14. The molecular weight excluding hydrogens is 236 g/mol. The molecule has 3 rings (SSSR count). The fourth-order valence-electron chi connectivity index (χ4n) is 2.86. The van der Waals surface area contributed by atoms with E-state index in [-0.39, 0.29) is 0 Å². The van der Waals surface area contributed by atoms with Crippen LogP contribution in [0.15, 0.2) is 24.3 Å². The Labute approximate surface area is 114 Å². The summed E-state index contributed by atoms with van der Waals surface area (Å²) in [7, 11) is 0. The number of fused-ring (bicyclic) bond motifs is 1. The number of aryl methyl sites for hydroxylation is 1. The van der Waals surface area contributed by atoms with Crippen molar-refractivity contribution in [1.82, 2.24) is 19.8 Å². The van der Waals surface area contributed by atoms with Gasteiger partial charge in [0.1, 0.15) is 5.82 Å². The van der Waals surface area contributed by atoms with E-state index in [2.05, 4.69) is 46.0 Å². The van der Waals surface area contributed by atoms with Crippen molar-refractivity contribution in [2.45, 2.75) is 26.4 Å². The molecule has 4 nitrogen and oxygen atoms in total. The Morgan fingerprint density at radius 3 is 3.00 bits per heavy atom. The highest BCUT2D eigenvalue weighted by atomic mass is 15.2. The van der Waals surface area contributed by atoms with Crippen LogP contribution in [-0.4, -0.2) is 40.6 Å². The van der Waals surface area contributed by atoms with Crippen LogP contribution < -0.4 is 5.32 Å². The number of aromatic nitrogens is 2. The van der Waals surface area contributed by atoms with E-state index in [9.17, 15) is 0 Å². The Hall–Kier alpha value is -1.39. The maximum absolute atomic E-state index is 4.81. The van der Waals surface area contributed by atoms with Crippen molar-refractivity contribution < 1.29 is 0 Å². The molecule has 2 aromatic rings. The number of hydrogen-bond acceptors (Lipinski definition) is 3. The van der Waals surface area contributed by atoms with E-state index in [4.69, 9.17) is 4.98 Å². The number of nitrogens with one attached hydrogen (secondary N) is 1. The minimum atomic E-state index is 0.962. The first kappa shape index (κ1) is 12.6. The molecule has 4 heteroatoms. The van der Waals surface area contributed by atoms with Crippen LogP contribution in [0.4, 0.5) is 0 Å². The number of nitrogens with zero attached hydrogens (tertiary/aromatic N) is 3. The molecule has 0 spiro atoms. The van der Waals surface area contributed by atoms with E-state index in [1.54, 1.807) is 0 Å². The molecule has 0 atom stereocenters. The van der Waals surface area contributed by atoms with E-state index in [1.807, 2.05) is 0 Å². The molecule has 1 fully saturated rings. The molecule has 0 saturated carbocycles. The van der Waals surface area contributed by atoms with Gasteiger partial charge < -0.3 is 9.88 Å². The van der Waals surface area contributed by atoms with Gasteiger partial charge >= 0.3 is 0 Å². The van der Waals surface area contributed by atoms with Crippen molar-refractivity contribution in [2.75, 3.05) is 26.2 Å². The van der Waals surface area contributed by atoms with Gasteiger partial charge in [-0.25, -0.2) is 4.98 Å². The summed E-state index contributed by atoms with van der Waals surface area (Å²) in [5, 5.41) is 3.45. The molecule has 1 N–H and O–H groups in total. The molecule has 0 unspecified atom stereocenters. The highest BCUT2D eigenvalue weighted by Crippen LogP contribution is 2.17. The summed E-state index contributed by atoms with van der Waals surface area (Å²) in [5.74, 6) is 1.20. The van der Waals surface area contributed by atoms with Gasteiger partial charge in [-0.05, 0) is 38.6 Å². The van der Waals surface area contributed by atoms with Gasteiger partial charge in [0, 0.05) is 19.6 Å². The highest BCUT2D eigenvalue weighted by Gasteiger charge is 2.14. The Bertz CT molecular complexity index is 538. The first-order chi connectivity index (χ1) is 9.38. The van der Waals surface area contributed by atoms with Crippen molar-refractivity contribution in [2.24, 2.45) is 0 Å². The third-order valence-corrected chi connectivity index (χ3v) is 3.85. The highest BCUT2D eigenvalue weighted by molar-refractivity contribution is 5.75. The van der Waals surface area contributed by atoms with E-state index >= 15 is 0 Å². The smallest absolute Gasteiger partial charge is 0.124 e. The quantitative estimate of drug-likeness (QED) is 0.912. The summed E-state index contributed by atoms with van der Waals surface area (Å²) in [4.78, 5) is 7.32. The average Bonchev–Trinajstić information content (AvgIpc) is 2.60. The zero-order valence-electron chi connectivity index (χ0n) is 11.6. The third kappa shape index (κ3) is 2.65. The van der Waals surface area contributed by atoms with E-state index in [0.717, 1.165) is 38.2 Å². The van der Waals surface area contributed by atoms with Gasteiger partial charge in [0.2, 0.25) is 0 Å². The fourth-order valence-corrected chi connectivity index (χ4v) is 2.86. The van der Waals surface area contributed by atoms with Crippen LogP contribution in [0.1, 0.15) is 19.2 Å². The number of rotatable bonds is 3. The van der Waals surface area contributed by atoms with Crippen LogP contribution in [0, 0.1) is 0 Å². The fraction of sp³-hybridized carbons (Fsp3) is 0.533. The van der Waals surface area contributed by atoms with Gasteiger partial charge in [-0.3, -0.25) is 4.90 Å². The summed E-state index contributed by atoms with van der Waals surface area (Å²) in [5.41, 5.74) is 2.38. The standard InChI is InChI=1S/C15H22N4/c1-2-19-14-7-4-3-6-13(14)17-15(19)12-18-10-5-8-16-9-11-18/h3-4,6-7,16H,2,5,8-12H2,1H3. The van der Waals surface area contributed by atoms with Gasteiger partial charge in [0.05, 0.1) is 17.6 Å². The number of benzene rings is 1. The SMILES string of the molecule is CCn1c(CN2CCCNCC2)nc2ccccc21. The molecule has 102 valence electrons. The Balaban J connectivity index is 1.87. The van der Waals surface area contributed by atoms with Crippen LogP contribution in [0.5, 0.6) is 0 Å². The molecule has 1 saturated heterocycles. The lowest BCUT2D eigenvalue weighted by Crippen LogP contribution is -2.29. The van der Waals surface area contributed by atoms with Gasteiger partial charge in [0.25, 0.3) is 0 Å². The van der Waals surface area contributed by atoms with Crippen LogP contribution in [0.2, 0.25) is 0 Å². The second kappa shape index (κ2) is 5.72. The largest absolute Gasteiger partial charge is 0.327 e. The lowest BCUT2D eigenvalue weighted by molar-refractivity contribution is 0.274. The van der Waals surface area contributed by atoms with Crippen LogP contribution in [0.3, 0.4) is 0 Å². The van der Waals surface area contributed by atoms with Crippen molar-refractivity contribution in [3.8, 4) is 0 Å². The summed E-state index contributed by atoms with van der Waals surface area (Å²) < 4.78 is 2.34. The van der Waals surface area contributed by atoms with Crippen LogP contribution in [0.25, 0.3) is 11.0 Å². The molecule has 0 amide bonds.